The molecule has 0 aliphatic heterocycles. The summed E-state index contributed by atoms with van der Waals surface area (Å²) in [5.41, 5.74) is 1.25. The molecule has 2 aliphatic rings. The second-order valence-electron chi connectivity index (χ2n) is 6.39. The number of carbonyl (C=O) groups is 2. The van der Waals surface area contributed by atoms with Crippen molar-refractivity contribution in [1.82, 2.24) is 5.32 Å². The Hall–Kier alpha value is -2.37. The van der Waals surface area contributed by atoms with Crippen molar-refractivity contribution in [2.75, 3.05) is 13.7 Å². The number of hydrogen-bond acceptors (Lipinski definition) is 5. The SMILES string of the molecule is COC(=O)c1ccc(/C=N/OCC(=O)NC(C2CC2)C2CC2)cc1. The predicted octanol–water partition coefficient (Wildman–Crippen LogP) is 2.13. The van der Waals surface area contributed by atoms with E-state index in [1.165, 1.54) is 39.0 Å². The van der Waals surface area contributed by atoms with E-state index in [0.29, 0.717) is 23.4 Å². The van der Waals surface area contributed by atoms with Crippen molar-refractivity contribution in [3.63, 3.8) is 0 Å². The number of hydrogen-bond donors (Lipinski definition) is 1. The summed E-state index contributed by atoms with van der Waals surface area (Å²) >= 11 is 0. The first kappa shape index (κ1) is 16.5. The molecule has 0 spiro atoms. The van der Waals surface area contributed by atoms with E-state index in [-0.39, 0.29) is 18.5 Å². The number of amides is 1. The van der Waals surface area contributed by atoms with Gasteiger partial charge in [0.05, 0.1) is 18.9 Å². The summed E-state index contributed by atoms with van der Waals surface area (Å²) in [7, 11) is 1.34. The van der Waals surface area contributed by atoms with Gasteiger partial charge in [0.1, 0.15) is 0 Å². The molecular formula is C18H22N2O4. The summed E-state index contributed by atoms with van der Waals surface area (Å²) in [4.78, 5) is 28.3. The van der Waals surface area contributed by atoms with Crippen molar-refractivity contribution >= 4 is 18.1 Å². The number of nitrogens with zero attached hydrogens (tertiary/aromatic N) is 1. The van der Waals surface area contributed by atoms with E-state index >= 15 is 0 Å². The highest BCUT2D eigenvalue weighted by molar-refractivity contribution is 5.90. The molecule has 0 aromatic heterocycles. The number of nitrogens with one attached hydrogen (secondary N) is 1. The predicted molar refractivity (Wildman–Crippen MR) is 88.7 cm³/mol. The van der Waals surface area contributed by atoms with Crippen LogP contribution in [0.15, 0.2) is 29.4 Å². The van der Waals surface area contributed by atoms with E-state index in [4.69, 9.17) is 4.84 Å². The zero-order chi connectivity index (χ0) is 16.9. The minimum Gasteiger partial charge on any atom is -0.465 e. The van der Waals surface area contributed by atoms with Gasteiger partial charge in [0.15, 0.2) is 6.61 Å². The van der Waals surface area contributed by atoms with Crippen molar-refractivity contribution < 1.29 is 19.2 Å². The number of ether oxygens (including phenoxy) is 1. The van der Waals surface area contributed by atoms with Crippen molar-refractivity contribution in [2.24, 2.45) is 17.0 Å². The molecule has 24 heavy (non-hydrogen) atoms. The average molecular weight is 330 g/mol. The maximum atomic E-state index is 11.9. The minimum atomic E-state index is -0.382. The highest BCUT2D eigenvalue weighted by atomic mass is 16.6. The summed E-state index contributed by atoms with van der Waals surface area (Å²) < 4.78 is 4.63. The molecule has 2 aliphatic carbocycles. The van der Waals surface area contributed by atoms with Crippen LogP contribution in [0.5, 0.6) is 0 Å². The summed E-state index contributed by atoms with van der Waals surface area (Å²) in [5.74, 6) is 0.834. The van der Waals surface area contributed by atoms with Gasteiger partial charge in [0, 0.05) is 6.04 Å². The largest absolute Gasteiger partial charge is 0.465 e. The second kappa shape index (κ2) is 7.47. The smallest absolute Gasteiger partial charge is 0.337 e. The molecule has 0 saturated heterocycles. The average Bonchev–Trinajstić information content (AvgIpc) is 3.49. The molecule has 1 amide bonds. The van der Waals surface area contributed by atoms with E-state index in [9.17, 15) is 9.59 Å². The zero-order valence-electron chi connectivity index (χ0n) is 13.7. The fraction of sp³-hybridized carbons (Fsp3) is 0.500. The summed E-state index contributed by atoms with van der Waals surface area (Å²) in [6, 6.07) is 7.09. The topological polar surface area (TPSA) is 77.0 Å². The maximum Gasteiger partial charge on any atom is 0.337 e. The normalized spacial score (nSPS) is 17.1. The molecule has 2 saturated carbocycles. The van der Waals surface area contributed by atoms with Crippen molar-refractivity contribution in [2.45, 2.75) is 31.7 Å². The monoisotopic (exact) mass is 330 g/mol. The second-order valence-corrected chi connectivity index (χ2v) is 6.39. The Morgan fingerprint density at radius 2 is 1.83 bits per heavy atom. The van der Waals surface area contributed by atoms with Gasteiger partial charge in [0.2, 0.25) is 0 Å². The molecule has 0 heterocycles. The molecule has 0 radical (unpaired) electrons. The number of benzene rings is 1. The van der Waals surface area contributed by atoms with Gasteiger partial charge in [-0.25, -0.2) is 4.79 Å². The molecule has 0 unspecified atom stereocenters. The van der Waals surface area contributed by atoms with E-state index in [2.05, 4.69) is 15.2 Å². The fourth-order valence-electron chi connectivity index (χ4n) is 2.78. The Labute approximate surface area is 141 Å². The molecule has 6 nitrogen and oxygen atoms in total. The highest BCUT2D eigenvalue weighted by Crippen LogP contribution is 2.44. The third kappa shape index (κ3) is 4.57. The van der Waals surface area contributed by atoms with Gasteiger partial charge >= 0.3 is 5.97 Å². The molecule has 128 valence electrons. The van der Waals surface area contributed by atoms with Crippen molar-refractivity contribution in [1.29, 1.82) is 0 Å². The standard InChI is InChI=1S/C18H22N2O4/c1-23-18(22)15-4-2-12(3-5-15)10-19-24-11-16(21)20-17(13-6-7-13)14-8-9-14/h2-5,10,13-14,17H,6-9,11H2,1H3,(H,20,21)/b19-10+. The van der Waals surface area contributed by atoms with Crippen LogP contribution >= 0.6 is 0 Å². The fourth-order valence-corrected chi connectivity index (χ4v) is 2.78. The first-order valence-electron chi connectivity index (χ1n) is 8.30. The van der Waals surface area contributed by atoms with Crippen LogP contribution < -0.4 is 5.32 Å². The molecule has 1 aromatic rings. The van der Waals surface area contributed by atoms with Crippen molar-refractivity contribution in [3.8, 4) is 0 Å². The van der Waals surface area contributed by atoms with Crippen LogP contribution in [-0.2, 0) is 14.4 Å². The number of esters is 1. The number of oxime groups is 1. The van der Waals surface area contributed by atoms with Crippen LogP contribution in [0.1, 0.15) is 41.6 Å². The molecule has 2 fully saturated rings. The van der Waals surface area contributed by atoms with Crippen LogP contribution in [0.3, 0.4) is 0 Å². The van der Waals surface area contributed by atoms with Crippen LogP contribution in [0.4, 0.5) is 0 Å². The number of rotatable bonds is 8. The van der Waals surface area contributed by atoms with Crippen LogP contribution in [0.25, 0.3) is 0 Å². The Morgan fingerprint density at radius 1 is 1.21 bits per heavy atom. The third-order valence-electron chi connectivity index (χ3n) is 4.39. The summed E-state index contributed by atoms with van der Waals surface area (Å²) in [6.45, 7) is -0.0767. The van der Waals surface area contributed by atoms with Gasteiger partial charge in [-0.1, -0.05) is 17.3 Å². The molecular weight excluding hydrogens is 308 g/mol. The van der Waals surface area contributed by atoms with Gasteiger partial charge in [-0.05, 0) is 55.2 Å². The van der Waals surface area contributed by atoms with Crippen LogP contribution in [0.2, 0.25) is 0 Å². The van der Waals surface area contributed by atoms with E-state index < -0.39 is 0 Å². The van der Waals surface area contributed by atoms with Gasteiger partial charge in [-0.3, -0.25) is 4.79 Å². The van der Waals surface area contributed by atoms with Crippen molar-refractivity contribution in [3.05, 3.63) is 35.4 Å². The first-order valence-corrected chi connectivity index (χ1v) is 8.30. The van der Waals surface area contributed by atoms with Crippen LogP contribution in [-0.4, -0.2) is 37.8 Å². The lowest BCUT2D eigenvalue weighted by Gasteiger charge is -2.16. The molecule has 1 N–H and O–H groups in total. The Bertz CT molecular complexity index is 606. The first-order chi connectivity index (χ1) is 11.7. The van der Waals surface area contributed by atoms with E-state index in [1.54, 1.807) is 24.3 Å². The lowest BCUT2D eigenvalue weighted by atomic mass is 10.1. The lowest BCUT2D eigenvalue weighted by molar-refractivity contribution is -0.126. The van der Waals surface area contributed by atoms with Crippen LogP contribution in [0, 0.1) is 11.8 Å². The molecule has 0 atom stereocenters. The minimum absolute atomic E-state index is 0.0767. The van der Waals surface area contributed by atoms with Gasteiger partial charge in [-0.2, -0.15) is 0 Å². The third-order valence-corrected chi connectivity index (χ3v) is 4.39. The van der Waals surface area contributed by atoms with E-state index in [1.807, 2.05) is 0 Å². The Kier molecular flexibility index (Phi) is 5.13. The van der Waals surface area contributed by atoms with Gasteiger partial charge < -0.3 is 14.9 Å². The van der Waals surface area contributed by atoms with E-state index in [0.717, 1.165) is 5.56 Å². The molecule has 1 aromatic carbocycles. The maximum absolute atomic E-state index is 11.9. The molecule has 3 rings (SSSR count). The summed E-state index contributed by atoms with van der Waals surface area (Å²) in [6.07, 6.45) is 6.40. The Balaban J connectivity index is 1.41. The molecule has 6 heteroatoms. The van der Waals surface area contributed by atoms with Gasteiger partial charge in [-0.15, -0.1) is 0 Å². The zero-order valence-corrected chi connectivity index (χ0v) is 13.7. The van der Waals surface area contributed by atoms with Gasteiger partial charge in [0.25, 0.3) is 5.91 Å². The molecule has 0 bridgehead atoms. The highest BCUT2D eigenvalue weighted by Gasteiger charge is 2.42. The number of carbonyl (C=O) groups excluding carboxylic acids is 2. The Morgan fingerprint density at radius 3 is 2.38 bits per heavy atom. The summed E-state index contributed by atoms with van der Waals surface area (Å²) in [5, 5.41) is 6.88. The number of methoxy groups -OCH3 is 1. The quantitative estimate of drug-likeness (QED) is 0.450. The lowest BCUT2D eigenvalue weighted by Crippen LogP contribution is -2.39.